The van der Waals surface area contributed by atoms with Crippen molar-refractivity contribution in [3.63, 3.8) is 0 Å². The van der Waals surface area contributed by atoms with Gasteiger partial charge in [-0.2, -0.15) is 4.31 Å². The fourth-order valence-electron chi connectivity index (χ4n) is 2.41. The molecular weight excluding hydrogens is 296 g/mol. The molecule has 0 aliphatic carbocycles. The van der Waals surface area contributed by atoms with Gasteiger partial charge in [0, 0.05) is 19.2 Å². The number of ether oxygens (including phenoxy) is 2. The Bertz CT molecular complexity index is 673. The zero-order valence-corrected chi connectivity index (χ0v) is 12.4. The molecule has 1 saturated heterocycles. The normalized spacial score (nSPS) is 22.7. The molecule has 2 heterocycles. The van der Waals surface area contributed by atoms with E-state index in [9.17, 15) is 13.2 Å². The average Bonchev–Trinajstić information content (AvgIpc) is 2.49. The van der Waals surface area contributed by atoms with Gasteiger partial charge < -0.3 is 14.8 Å². The molecule has 8 heteroatoms. The van der Waals surface area contributed by atoms with Gasteiger partial charge in [-0.05, 0) is 19.1 Å². The van der Waals surface area contributed by atoms with Crippen molar-refractivity contribution < 1.29 is 22.7 Å². The van der Waals surface area contributed by atoms with Crippen LogP contribution in [-0.4, -0.2) is 51.0 Å². The van der Waals surface area contributed by atoms with E-state index in [1.165, 1.54) is 16.4 Å². The van der Waals surface area contributed by atoms with Crippen molar-refractivity contribution in [3.05, 3.63) is 18.2 Å². The molecule has 1 unspecified atom stereocenters. The highest BCUT2D eigenvalue weighted by atomic mass is 32.2. The lowest BCUT2D eigenvalue weighted by molar-refractivity contribution is -0.126. The molecule has 1 N–H and O–H groups in total. The standard InChI is InChI=1S/C13H16N2O5S/c1-9-13(16)14-4-5-15(9)21(17,18)10-2-3-11-12(8-10)20-7-6-19-11/h2-3,8-9H,4-7H2,1H3,(H,14,16). The topological polar surface area (TPSA) is 84.9 Å². The number of piperazine rings is 1. The molecule has 0 bridgehead atoms. The molecule has 1 atom stereocenters. The summed E-state index contributed by atoms with van der Waals surface area (Å²) in [6, 6.07) is 3.78. The minimum atomic E-state index is -3.74. The highest BCUT2D eigenvalue weighted by Gasteiger charge is 2.36. The fraction of sp³-hybridized carbons (Fsp3) is 0.462. The summed E-state index contributed by atoms with van der Waals surface area (Å²) < 4.78 is 37.3. The second-order valence-corrected chi connectivity index (χ2v) is 6.78. The molecule has 7 nitrogen and oxygen atoms in total. The van der Waals surface area contributed by atoms with Crippen molar-refractivity contribution in [1.82, 2.24) is 9.62 Å². The van der Waals surface area contributed by atoms with Crippen LogP contribution in [-0.2, 0) is 14.8 Å². The van der Waals surface area contributed by atoms with E-state index in [-0.39, 0.29) is 17.3 Å². The van der Waals surface area contributed by atoms with Gasteiger partial charge >= 0.3 is 0 Å². The summed E-state index contributed by atoms with van der Waals surface area (Å²) in [6.07, 6.45) is 0. The van der Waals surface area contributed by atoms with E-state index >= 15 is 0 Å². The van der Waals surface area contributed by atoms with E-state index < -0.39 is 16.1 Å². The molecule has 114 valence electrons. The Morgan fingerprint density at radius 1 is 1.24 bits per heavy atom. The van der Waals surface area contributed by atoms with Crippen LogP contribution in [0.5, 0.6) is 11.5 Å². The van der Waals surface area contributed by atoms with Gasteiger partial charge in [0.2, 0.25) is 15.9 Å². The van der Waals surface area contributed by atoms with Crippen LogP contribution in [0.15, 0.2) is 23.1 Å². The zero-order valence-electron chi connectivity index (χ0n) is 11.5. The maximum absolute atomic E-state index is 12.7. The second kappa shape index (κ2) is 5.19. The maximum Gasteiger partial charge on any atom is 0.243 e. The van der Waals surface area contributed by atoms with Crippen molar-refractivity contribution in [2.75, 3.05) is 26.3 Å². The summed E-state index contributed by atoms with van der Waals surface area (Å²) in [7, 11) is -3.74. The fourth-order valence-corrected chi connectivity index (χ4v) is 4.02. The summed E-state index contributed by atoms with van der Waals surface area (Å²) in [6.45, 7) is 2.97. The molecule has 1 aromatic rings. The van der Waals surface area contributed by atoms with Gasteiger partial charge in [0.15, 0.2) is 11.5 Å². The molecule has 2 aliphatic heterocycles. The number of carbonyl (C=O) groups is 1. The molecule has 1 aromatic carbocycles. The Kier molecular flexibility index (Phi) is 3.50. The zero-order chi connectivity index (χ0) is 15.0. The first-order valence-corrected chi connectivity index (χ1v) is 8.13. The Morgan fingerprint density at radius 3 is 2.71 bits per heavy atom. The summed E-state index contributed by atoms with van der Waals surface area (Å²) in [4.78, 5) is 11.8. The maximum atomic E-state index is 12.7. The van der Waals surface area contributed by atoms with Gasteiger partial charge in [-0.15, -0.1) is 0 Å². The highest BCUT2D eigenvalue weighted by molar-refractivity contribution is 7.89. The quantitative estimate of drug-likeness (QED) is 0.829. The number of fused-ring (bicyclic) bond motifs is 1. The van der Waals surface area contributed by atoms with E-state index in [1.54, 1.807) is 13.0 Å². The molecule has 2 aliphatic rings. The molecule has 0 spiro atoms. The third-order valence-electron chi connectivity index (χ3n) is 3.56. The van der Waals surface area contributed by atoms with Crippen LogP contribution in [0.3, 0.4) is 0 Å². The van der Waals surface area contributed by atoms with Gasteiger partial charge in [0.25, 0.3) is 0 Å². The number of rotatable bonds is 2. The van der Waals surface area contributed by atoms with Gasteiger partial charge in [0.1, 0.15) is 19.3 Å². The van der Waals surface area contributed by atoms with Crippen LogP contribution in [0.4, 0.5) is 0 Å². The Balaban J connectivity index is 1.96. The third-order valence-corrected chi connectivity index (χ3v) is 5.53. The number of amides is 1. The molecule has 0 saturated carbocycles. The van der Waals surface area contributed by atoms with Crippen LogP contribution in [0.2, 0.25) is 0 Å². The number of benzene rings is 1. The molecule has 3 rings (SSSR count). The minimum Gasteiger partial charge on any atom is -0.486 e. The number of sulfonamides is 1. The predicted octanol–water partition coefficient (Wildman–Crippen LogP) is -0.0332. The van der Waals surface area contributed by atoms with Crippen molar-refractivity contribution in [2.24, 2.45) is 0 Å². The van der Waals surface area contributed by atoms with Crippen LogP contribution >= 0.6 is 0 Å². The number of nitrogens with zero attached hydrogens (tertiary/aromatic N) is 1. The number of carbonyl (C=O) groups excluding carboxylic acids is 1. The monoisotopic (exact) mass is 312 g/mol. The average molecular weight is 312 g/mol. The summed E-state index contributed by atoms with van der Waals surface area (Å²) in [5.74, 6) is 0.656. The molecule has 1 fully saturated rings. The van der Waals surface area contributed by atoms with Crippen molar-refractivity contribution in [1.29, 1.82) is 0 Å². The van der Waals surface area contributed by atoms with Gasteiger partial charge in [0.05, 0.1) is 4.90 Å². The summed E-state index contributed by atoms with van der Waals surface area (Å²) in [5.41, 5.74) is 0. The van der Waals surface area contributed by atoms with E-state index in [0.717, 1.165) is 0 Å². The second-order valence-electron chi connectivity index (χ2n) is 4.89. The van der Waals surface area contributed by atoms with Crippen molar-refractivity contribution >= 4 is 15.9 Å². The highest BCUT2D eigenvalue weighted by Crippen LogP contribution is 2.33. The van der Waals surface area contributed by atoms with E-state index in [4.69, 9.17) is 9.47 Å². The molecule has 0 radical (unpaired) electrons. The van der Waals surface area contributed by atoms with E-state index in [1.807, 2.05) is 0 Å². The van der Waals surface area contributed by atoms with Crippen LogP contribution in [0, 0.1) is 0 Å². The smallest absolute Gasteiger partial charge is 0.243 e. The first-order valence-electron chi connectivity index (χ1n) is 6.69. The lowest BCUT2D eigenvalue weighted by Gasteiger charge is -2.32. The van der Waals surface area contributed by atoms with Gasteiger partial charge in [-0.25, -0.2) is 8.42 Å². The van der Waals surface area contributed by atoms with Crippen LogP contribution in [0.25, 0.3) is 0 Å². The molecule has 0 aromatic heterocycles. The van der Waals surface area contributed by atoms with Gasteiger partial charge in [-0.1, -0.05) is 0 Å². The number of nitrogens with one attached hydrogen (secondary N) is 1. The van der Waals surface area contributed by atoms with Crippen LogP contribution in [0.1, 0.15) is 6.92 Å². The Hall–Kier alpha value is -1.80. The summed E-state index contributed by atoms with van der Waals surface area (Å²) in [5, 5.41) is 2.65. The molecule has 1 amide bonds. The first-order chi connectivity index (χ1) is 10.00. The number of hydrogen-bond donors (Lipinski definition) is 1. The van der Waals surface area contributed by atoms with Crippen molar-refractivity contribution in [2.45, 2.75) is 17.9 Å². The Labute approximate surface area is 122 Å². The molecular formula is C13H16N2O5S. The minimum absolute atomic E-state index is 0.105. The lowest BCUT2D eigenvalue weighted by Crippen LogP contribution is -2.55. The SMILES string of the molecule is CC1C(=O)NCCN1S(=O)(=O)c1ccc2c(c1)OCCO2. The van der Waals surface area contributed by atoms with E-state index in [2.05, 4.69) is 5.32 Å². The van der Waals surface area contributed by atoms with Crippen molar-refractivity contribution in [3.8, 4) is 11.5 Å². The third kappa shape index (κ3) is 2.44. The van der Waals surface area contributed by atoms with Crippen LogP contribution < -0.4 is 14.8 Å². The largest absolute Gasteiger partial charge is 0.486 e. The molecule has 21 heavy (non-hydrogen) atoms. The predicted molar refractivity (Wildman–Crippen MR) is 73.8 cm³/mol. The lowest BCUT2D eigenvalue weighted by atomic mass is 10.2. The Morgan fingerprint density at radius 2 is 1.95 bits per heavy atom. The first kappa shape index (κ1) is 14.2. The van der Waals surface area contributed by atoms with E-state index in [0.29, 0.717) is 31.3 Å². The van der Waals surface area contributed by atoms with Gasteiger partial charge in [-0.3, -0.25) is 4.79 Å². The summed E-state index contributed by atoms with van der Waals surface area (Å²) >= 11 is 0. The number of hydrogen-bond acceptors (Lipinski definition) is 5.